The van der Waals surface area contributed by atoms with Crippen LogP contribution in [0.2, 0.25) is 0 Å². The molecule has 26 heavy (non-hydrogen) atoms. The Morgan fingerprint density at radius 3 is 1.54 bits per heavy atom. The molecule has 2 aromatic carbocycles. The van der Waals surface area contributed by atoms with Gasteiger partial charge in [0, 0.05) is 0 Å². The molecule has 6 heteroatoms. The largest absolute Gasteiger partial charge is 0.411 e. The number of aryl methyl sites for hydroxylation is 3. The fraction of sp³-hybridized carbons (Fsp3) is 0.400. The smallest absolute Gasteiger partial charge is 0.169 e. The first-order chi connectivity index (χ1) is 11.7. The molecule has 0 aromatic heterocycles. The summed E-state index contributed by atoms with van der Waals surface area (Å²) >= 11 is 0. The summed E-state index contributed by atoms with van der Waals surface area (Å²) < 4.78 is 85.0. The van der Waals surface area contributed by atoms with E-state index >= 15 is 0 Å². The maximum absolute atomic E-state index is 14.2. The summed E-state index contributed by atoms with van der Waals surface area (Å²) in [5.41, 5.74) is -3.60. The van der Waals surface area contributed by atoms with Gasteiger partial charge in [0.15, 0.2) is 0 Å². The molecule has 0 bridgehead atoms. The molecule has 2 aromatic rings. The van der Waals surface area contributed by atoms with Crippen LogP contribution < -0.4 is 0 Å². The van der Waals surface area contributed by atoms with Gasteiger partial charge in [-0.3, -0.25) is 0 Å². The van der Waals surface area contributed by atoms with Crippen LogP contribution in [0.25, 0.3) is 0 Å². The zero-order valence-electron chi connectivity index (χ0n) is 15.2. The van der Waals surface area contributed by atoms with E-state index in [1.54, 1.807) is 13.8 Å². The van der Waals surface area contributed by atoms with Crippen LogP contribution in [0, 0.1) is 34.6 Å². The molecule has 0 amide bonds. The predicted octanol–water partition coefficient (Wildman–Crippen LogP) is 6.64. The molecular formula is C20H20F6. The number of halogens is 6. The van der Waals surface area contributed by atoms with Crippen LogP contribution in [0.1, 0.15) is 38.9 Å². The summed E-state index contributed by atoms with van der Waals surface area (Å²) in [7, 11) is 0. The van der Waals surface area contributed by atoms with Crippen molar-refractivity contribution in [1.29, 1.82) is 0 Å². The molecule has 0 saturated heterocycles. The highest BCUT2D eigenvalue weighted by molar-refractivity contribution is 5.52. The molecule has 0 unspecified atom stereocenters. The Kier molecular flexibility index (Phi) is 4.94. The quantitative estimate of drug-likeness (QED) is 0.517. The minimum Gasteiger partial charge on any atom is -0.169 e. The van der Waals surface area contributed by atoms with Gasteiger partial charge < -0.3 is 0 Å². The summed E-state index contributed by atoms with van der Waals surface area (Å²) in [6.07, 6.45) is -11.1. The molecule has 0 atom stereocenters. The van der Waals surface area contributed by atoms with Gasteiger partial charge in [-0.05, 0) is 73.6 Å². The van der Waals surface area contributed by atoms with Crippen molar-refractivity contribution in [2.45, 2.75) is 52.4 Å². The van der Waals surface area contributed by atoms with Crippen molar-refractivity contribution in [3.05, 3.63) is 69.3 Å². The third-order valence-corrected chi connectivity index (χ3v) is 5.25. The van der Waals surface area contributed by atoms with Gasteiger partial charge in [0.05, 0.1) is 0 Å². The van der Waals surface area contributed by atoms with Gasteiger partial charge in [-0.15, -0.1) is 0 Å². The van der Waals surface area contributed by atoms with Crippen LogP contribution in [0.3, 0.4) is 0 Å². The zero-order chi connectivity index (χ0) is 20.1. The van der Waals surface area contributed by atoms with Gasteiger partial charge in [0.1, 0.15) is 0 Å². The van der Waals surface area contributed by atoms with Gasteiger partial charge in [0.2, 0.25) is 5.41 Å². The molecule has 0 heterocycles. The lowest BCUT2D eigenvalue weighted by Crippen LogP contribution is -2.55. The SMILES string of the molecule is Cc1ccc(C(c2ccc(C)c(C)c2C)(C(F)(F)F)C(F)(F)F)cc1C. The molecule has 0 aliphatic heterocycles. The Bertz CT molecular complexity index is 813. The molecule has 0 spiro atoms. The van der Waals surface area contributed by atoms with E-state index in [0.29, 0.717) is 22.3 Å². The number of benzene rings is 2. The van der Waals surface area contributed by atoms with Gasteiger partial charge >= 0.3 is 12.4 Å². The Balaban J connectivity index is 3.04. The topological polar surface area (TPSA) is 0 Å². The molecule has 0 aliphatic carbocycles. The van der Waals surface area contributed by atoms with Crippen molar-refractivity contribution in [1.82, 2.24) is 0 Å². The molecule has 0 fully saturated rings. The highest BCUT2D eigenvalue weighted by Crippen LogP contribution is 2.57. The second-order valence-corrected chi connectivity index (χ2v) is 6.72. The number of rotatable bonds is 2. The van der Waals surface area contributed by atoms with E-state index in [4.69, 9.17) is 0 Å². The lowest BCUT2D eigenvalue weighted by atomic mass is 9.70. The summed E-state index contributed by atoms with van der Waals surface area (Å²) in [6, 6.07) is 5.48. The van der Waals surface area contributed by atoms with Crippen LogP contribution in [0.4, 0.5) is 26.3 Å². The predicted molar refractivity (Wildman–Crippen MR) is 89.5 cm³/mol. The van der Waals surface area contributed by atoms with Crippen LogP contribution >= 0.6 is 0 Å². The van der Waals surface area contributed by atoms with Crippen molar-refractivity contribution < 1.29 is 26.3 Å². The van der Waals surface area contributed by atoms with Crippen molar-refractivity contribution in [2.24, 2.45) is 0 Å². The van der Waals surface area contributed by atoms with Gasteiger partial charge in [0.25, 0.3) is 0 Å². The standard InChI is InChI=1S/C20H20F6/c1-11-6-8-16(10-13(11)3)18(19(21,22)23,20(24,25)26)17-9-7-12(2)14(4)15(17)5/h6-10H,1-5H3. The maximum atomic E-state index is 14.2. The van der Waals surface area contributed by atoms with E-state index in [0.717, 1.165) is 18.2 Å². The van der Waals surface area contributed by atoms with Crippen LogP contribution in [-0.2, 0) is 5.41 Å². The summed E-state index contributed by atoms with van der Waals surface area (Å²) in [4.78, 5) is 0. The highest BCUT2D eigenvalue weighted by Gasteiger charge is 2.72. The van der Waals surface area contributed by atoms with Crippen LogP contribution in [0.5, 0.6) is 0 Å². The van der Waals surface area contributed by atoms with Crippen molar-refractivity contribution in [3.63, 3.8) is 0 Å². The van der Waals surface area contributed by atoms with E-state index in [2.05, 4.69) is 0 Å². The van der Waals surface area contributed by atoms with Gasteiger partial charge in [-0.2, -0.15) is 26.3 Å². The summed E-state index contributed by atoms with van der Waals surface area (Å²) in [5.74, 6) is 0. The normalized spacial score (nSPS) is 13.2. The fourth-order valence-corrected chi connectivity index (χ4v) is 3.29. The molecule has 2 rings (SSSR count). The van der Waals surface area contributed by atoms with Crippen molar-refractivity contribution in [2.75, 3.05) is 0 Å². The fourth-order valence-electron chi connectivity index (χ4n) is 3.29. The molecular weight excluding hydrogens is 354 g/mol. The molecule has 0 saturated carbocycles. The number of alkyl halides is 6. The monoisotopic (exact) mass is 374 g/mol. The third-order valence-electron chi connectivity index (χ3n) is 5.25. The van der Waals surface area contributed by atoms with E-state index < -0.39 is 28.9 Å². The minimum absolute atomic E-state index is 0.00196. The molecule has 0 N–H and O–H groups in total. The minimum atomic E-state index is -5.56. The Labute approximate surface area is 148 Å². The first-order valence-electron chi connectivity index (χ1n) is 8.03. The molecule has 0 nitrogen and oxygen atoms in total. The number of hydrogen-bond donors (Lipinski definition) is 0. The first kappa shape index (κ1) is 20.3. The Morgan fingerprint density at radius 2 is 1.08 bits per heavy atom. The third kappa shape index (κ3) is 2.89. The molecule has 142 valence electrons. The van der Waals surface area contributed by atoms with E-state index in [1.165, 1.54) is 32.9 Å². The molecule has 0 radical (unpaired) electrons. The van der Waals surface area contributed by atoms with Crippen LogP contribution in [-0.4, -0.2) is 12.4 Å². The van der Waals surface area contributed by atoms with Crippen LogP contribution in [0.15, 0.2) is 30.3 Å². The van der Waals surface area contributed by atoms with Crippen molar-refractivity contribution in [3.8, 4) is 0 Å². The van der Waals surface area contributed by atoms with Crippen molar-refractivity contribution >= 4 is 0 Å². The second kappa shape index (κ2) is 6.32. The Hall–Kier alpha value is -1.98. The second-order valence-electron chi connectivity index (χ2n) is 6.72. The molecule has 0 aliphatic rings. The van der Waals surface area contributed by atoms with E-state index in [1.807, 2.05) is 0 Å². The number of hydrogen-bond acceptors (Lipinski definition) is 0. The average Bonchev–Trinajstić information content (AvgIpc) is 2.48. The lowest BCUT2D eigenvalue weighted by molar-refractivity contribution is -0.288. The average molecular weight is 374 g/mol. The van der Waals surface area contributed by atoms with E-state index in [9.17, 15) is 26.3 Å². The highest BCUT2D eigenvalue weighted by atomic mass is 19.4. The summed E-state index contributed by atoms with van der Waals surface area (Å²) in [6.45, 7) is 7.65. The first-order valence-corrected chi connectivity index (χ1v) is 8.03. The van der Waals surface area contributed by atoms with Gasteiger partial charge in [-0.25, -0.2) is 0 Å². The zero-order valence-corrected chi connectivity index (χ0v) is 15.2. The lowest BCUT2D eigenvalue weighted by Gasteiger charge is -2.40. The Morgan fingerprint density at radius 1 is 0.577 bits per heavy atom. The maximum Gasteiger partial charge on any atom is 0.411 e. The summed E-state index contributed by atoms with van der Waals surface area (Å²) in [5, 5.41) is 0. The van der Waals surface area contributed by atoms with Gasteiger partial charge in [-0.1, -0.05) is 30.3 Å². The van der Waals surface area contributed by atoms with E-state index in [-0.39, 0.29) is 5.56 Å².